The maximum absolute atomic E-state index is 13.9. The molecule has 1 aromatic heterocycles. The van der Waals surface area contributed by atoms with Crippen molar-refractivity contribution in [1.82, 2.24) is 19.8 Å². The Kier molecular flexibility index (Phi) is 5.15. The zero-order valence-electron chi connectivity index (χ0n) is 13.7. The zero-order chi connectivity index (χ0) is 18.7. The lowest BCUT2D eigenvalue weighted by molar-refractivity contribution is 0.0712. The van der Waals surface area contributed by atoms with Crippen LogP contribution in [-0.4, -0.2) is 57.8 Å². The largest absolute Gasteiger partial charge is 0.337 e. The van der Waals surface area contributed by atoms with Crippen molar-refractivity contribution in [2.75, 3.05) is 26.2 Å². The number of aromatic nitrogens is 2. The molecule has 2 amide bonds. The average molecular weight is 364 g/mol. The number of benzene rings is 1. The lowest BCUT2D eigenvalue weighted by Gasteiger charge is -2.22. The summed E-state index contributed by atoms with van der Waals surface area (Å²) in [7, 11) is 0. The third-order valence-corrected chi connectivity index (χ3v) is 4.12. The van der Waals surface area contributed by atoms with Crippen LogP contribution in [0, 0.1) is 17.5 Å². The molecule has 136 valence electrons. The number of amides is 2. The number of rotatable bonds is 2. The molecule has 0 spiro atoms. The first-order valence-corrected chi connectivity index (χ1v) is 7.97. The molecular formula is C17H15F3N4O2. The fourth-order valence-corrected chi connectivity index (χ4v) is 2.76. The van der Waals surface area contributed by atoms with Crippen molar-refractivity contribution in [3.63, 3.8) is 0 Å². The molecule has 2 aromatic rings. The molecule has 0 radical (unpaired) electrons. The van der Waals surface area contributed by atoms with E-state index in [-0.39, 0.29) is 31.2 Å². The number of nitrogens with zero attached hydrogens (tertiary/aromatic N) is 4. The molecule has 0 atom stereocenters. The molecule has 3 rings (SSSR count). The highest BCUT2D eigenvalue weighted by atomic mass is 19.2. The molecule has 1 aliphatic rings. The molecule has 2 heterocycles. The average Bonchev–Trinajstić information content (AvgIpc) is 2.92. The lowest BCUT2D eigenvalue weighted by Crippen LogP contribution is -2.38. The highest BCUT2D eigenvalue weighted by Gasteiger charge is 2.27. The second kappa shape index (κ2) is 7.51. The van der Waals surface area contributed by atoms with Crippen LogP contribution < -0.4 is 0 Å². The maximum Gasteiger partial charge on any atom is 0.274 e. The third-order valence-electron chi connectivity index (χ3n) is 4.12. The lowest BCUT2D eigenvalue weighted by atomic mass is 10.1. The Morgan fingerprint density at radius 1 is 0.885 bits per heavy atom. The van der Waals surface area contributed by atoms with Crippen LogP contribution in [0.5, 0.6) is 0 Å². The molecule has 0 saturated carbocycles. The van der Waals surface area contributed by atoms with Crippen LogP contribution in [0.25, 0.3) is 0 Å². The summed E-state index contributed by atoms with van der Waals surface area (Å²) in [6, 6.07) is 1.64. The summed E-state index contributed by atoms with van der Waals surface area (Å²) < 4.78 is 40.3. The normalized spacial score (nSPS) is 14.9. The zero-order valence-corrected chi connectivity index (χ0v) is 13.7. The van der Waals surface area contributed by atoms with Crippen molar-refractivity contribution in [3.05, 3.63) is 59.4 Å². The minimum atomic E-state index is -1.68. The van der Waals surface area contributed by atoms with E-state index in [0.717, 1.165) is 6.07 Å². The molecule has 0 aliphatic carbocycles. The van der Waals surface area contributed by atoms with Crippen molar-refractivity contribution in [1.29, 1.82) is 0 Å². The van der Waals surface area contributed by atoms with Crippen LogP contribution in [-0.2, 0) is 0 Å². The van der Waals surface area contributed by atoms with E-state index in [9.17, 15) is 22.8 Å². The van der Waals surface area contributed by atoms with Crippen molar-refractivity contribution >= 4 is 11.8 Å². The van der Waals surface area contributed by atoms with Crippen LogP contribution in [0.15, 0.2) is 30.7 Å². The van der Waals surface area contributed by atoms with Gasteiger partial charge in [0, 0.05) is 38.6 Å². The van der Waals surface area contributed by atoms with Crippen LogP contribution in [0.1, 0.15) is 27.3 Å². The van der Waals surface area contributed by atoms with E-state index in [1.165, 1.54) is 28.4 Å². The van der Waals surface area contributed by atoms with Crippen molar-refractivity contribution in [3.8, 4) is 0 Å². The SMILES string of the molecule is O=C(c1cnccn1)N1CCCN(C(=O)c2ccc(F)c(F)c2F)CC1. The van der Waals surface area contributed by atoms with Gasteiger partial charge in [-0.05, 0) is 18.6 Å². The van der Waals surface area contributed by atoms with Crippen LogP contribution in [0.2, 0.25) is 0 Å². The van der Waals surface area contributed by atoms with Gasteiger partial charge in [-0.25, -0.2) is 18.2 Å². The Balaban J connectivity index is 1.72. The summed E-state index contributed by atoms with van der Waals surface area (Å²) in [5.74, 6) is -5.59. The smallest absolute Gasteiger partial charge is 0.274 e. The monoisotopic (exact) mass is 364 g/mol. The molecule has 6 nitrogen and oxygen atoms in total. The molecule has 0 bridgehead atoms. The Labute approximate surface area is 147 Å². The fourth-order valence-electron chi connectivity index (χ4n) is 2.76. The molecule has 26 heavy (non-hydrogen) atoms. The van der Waals surface area contributed by atoms with Gasteiger partial charge < -0.3 is 9.80 Å². The Morgan fingerprint density at radius 3 is 2.23 bits per heavy atom. The highest BCUT2D eigenvalue weighted by Crippen LogP contribution is 2.18. The summed E-state index contributed by atoms with van der Waals surface area (Å²) >= 11 is 0. The second-order valence-corrected chi connectivity index (χ2v) is 5.75. The minimum Gasteiger partial charge on any atom is -0.337 e. The number of hydrogen-bond acceptors (Lipinski definition) is 4. The third kappa shape index (κ3) is 3.51. The van der Waals surface area contributed by atoms with Gasteiger partial charge in [-0.15, -0.1) is 0 Å². The summed E-state index contributed by atoms with van der Waals surface area (Å²) in [6.07, 6.45) is 4.68. The molecule has 1 aromatic carbocycles. The number of carbonyl (C=O) groups excluding carboxylic acids is 2. The van der Waals surface area contributed by atoms with Gasteiger partial charge in [0.25, 0.3) is 11.8 Å². The quantitative estimate of drug-likeness (QED) is 0.764. The fraction of sp³-hybridized carbons (Fsp3) is 0.294. The predicted molar refractivity (Wildman–Crippen MR) is 84.8 cm³/mol. The first-order valence-electron chi connectivity index (χ1n) is 7.97. The summed E-state index contributed by atoms with van der Waals surface area (Å²) in [5, 5.41) is 0. The minimum absolute atomic E-state index is 0.142. The molecule has 9 heteroatoms. The molecular weight excluding hydrogens is 349 g/mol. The molecule has 1 aliphatic heterocycles. The van der Waals surface area contributed by atoms with E-state index in [2.05, 4.69) is 9.97 Å². The summed E-state index contributed by atoms with van der Waals surface area (Å²) in [5.41, 5.74) is -0.337. The summed E-state index contributed by atoms with van der Waals surface area (Å²) in [4.78, 5) is 35.5. The molecule has 0 unspecified atom stereocenters. The first kappa shape index (κ1) is 17.8. The Bertz CT molecular complexity index is 832. The van der Waals surface area contributed by atoms with E-state index in [1.807, 2.05) is 0 Å². The molecule has 1 fully saturated rings. The first-order chi connectivity index (χ1) is 12.5. The molecule has 1 saturated heterocycles. The topological polar surface area (TPSA) is 66.4 Å². The van der Waals surface area contributed by atoms with E-state index < -0.39 is 28.9 Å². The van der Waals surface area contributed by atoms with Crippen LogP contribution in [0.3, 0.4) is 0 Å². The van der Waals surface area contributed by atoms with Gasteiger partial charge in [0.1, 0.15) is 5.69 Å². The van der Waals surface area contributed by atoms with Crippen molar-refractivity contribution < 1.29 is 22.8 Å². The number of halogens is 3. The van der Waals surface area contributed by atoms with Gasteiger partial charge >= 0.3 is 0 Å². The Hall–Kier alpha value is -2.97. The van der Waals surface area contributed by atoms with Gasteiger partial charge in [0.2, 0.25) is 0 Å². The van der Waals surface area contributed by atoms with E-state index in [4.69, 9.17) is 0 Å². The Morgan fingerprint density at radius 2 is 1.58 bits per heavy atom. The van der Waals surface area contributed by atoms with Gasteiger partial charge in [0.05, 0.1) is 11.8 Å². The van der Waals surface area contributed by atoms with Gasteiger partial charge in [0.15, 0.2) is 17.5 Å². The van der Waals surface area contributed by atoms with Gasteiger partial charge in [-0.2, -0.15) is 0 Å². The predicted octanol–water partition coefficient (Wildman–Crippen LogP) is 1.88. The van der Waals surface area contributed by atoms with Gasteiger partial charge in [-0.1, -0.05) is 0 Å². The van der Waals surface area contributed by atoms with E-state index in [1.54, 1.807) is 0 Å². The summed E-state index contributed by atoms with van der Waals surface area (Å²) in [6.45, 7) is 1.01. The highest BCUT2D eigenvalue weighted by molar-refractivity contribution is 5.95. The number of hydrogen-bond donors (Lipinski definition) is 0. The standard InChI is InChI=1S/C17H15F3N4O2/c18-12-3-2-11(14(19)15(12)20)16(25)23-6-1-7-24(9-8-23)17(26)13-10-21-4-5-22-13/h2-5,10H,1,6-9H2. The van der Waals surface area contributed by atoms with E-state index >= 15 is 0 Å². The van der Waals surface area contributed by atoms with Crippen molar-refractivity contribution in [2.45, 2.75) is 6.42 Å². The van der Waals surface area contributed by atoms with Crippen molar-refractivity contribution in [2.24, 2.45) is 0 Å². The molecule has 0 N–H and O–H groups in total. The van der Waals surface area contributed by atoms with Crippen LogP contribution >= 0.6 is 0 Å². The second-order valence-electron chi connectivity index (χ2n) is 5.75. The number of carbonyl (C=O) groups is 2. The maximum atomic E-state index is 13.9. The van der Waals surface area contributed by atoms with Crippen LogP contribution in [0.4, 0.5) is 13.2 Å². The van der Waals surface area contributed by atoms with E-state index in [0.29, 0.717) is 19.0 Å². The van der Waals surface area contributed by atoms with Gasteiger partial charge in [-0.3, -0.25) is 14.6 Å².